The van der Waals surface area contributed by atoms with Crippen molar-refractivity contribution in [3.63, 3.8) is 0 Å². The Bertz CT molecular complexity index is 1770. The Morgan fingerprint density at radius 2 is 1.91 bits per heavy atom. The maximum atomic E-state index is 15.6. The minimum Gasteiger partial charge on any atom is -0.378 e. The second kappa shape index (κ2) is 12.8. The predicted molar refractivity (Wildman–Crippen MR) is 183 cm³/mol. The van der Waals surface area contributed by atoms with Gasteiger partial charge in [0.05, 0.1) is 29.8 Å². The lowest BCUT2D eigenvalue weighted by atomic mass is 9.89. The molecule has 12 heteroatoms. The smallest absolute Gasteiger partial charge is 0.350 e. The van der Waals surface area contributed by atoms with Gasteiger partial charge in [-0.15, -0.1) is 11.8 Å². The molecular weight excluding hydrogens is 648 g/mol. The molecule has 0 radical (unpaired) electrons. The number of thioether (sulfide) groups is 1. The third-order valence-electron chi connectivity index (χ3n) is 10.2. The molecule has 1 amide bonds. The Labute approximate surface area is 282 Å². The maximum Gasteiger partial charge on any atom is 0.350 e. The number of ether oxygens (including phenoxy) is 1. The number of carbonyl (C=O) groups excluding carboxylic acids is 1. The number of piperazine rings is 1. The average Bonchev–Trinajstić information content (AvgIpc) is 3.01. The lowest BCUT2D eigenvalue weighted by molar-refractivity contribution is -0.126. The number of hydrogen-bond donors (Lipinski definition) is 0. The number of carbonyl (C=O) groups is 1. The van der Waals surface area contributed by atoms with Gasteiger partial charge in [-0.1, -0.05) is 29.8 Å². The second-order valence-corrected chi connectivity index (χ2v) is 14.9. The lowest BCUT2D eigenvalue weighted by Crippen LogP contribution is -2.54. The summed E-state index contributed by atoms with van der Waals surface area (Å²) in [5.41, 5.74) is 1.94. The van der Waals surface area contributed by atoms with E-state index in [1.165, 1.54) is 12.1 Å². The van der Waals surface area contributed by atoms with Crippen LogP contribution in [0.2, 0.25) is 10.0 Å². The average molecular weight is 687 g/mol. The summed E-state index contributed by atoms with van der Waals surface area (Å²) in [5.74, 6) is 1.16. The molecule has 0 unspecified atom stereocenters. The third kappa shape index (κ3) is 5.64. The fraction of sp³-hybridized carbons (Fsp3) is 0.500. The van der Waals surface area contributed by atoms with Gasteiger partial charge < -0.3 is 14.5 Å². The standard InChI is InChI=1S/C34H38Cl2FN5O3S/c1-4-29(43)40-9-10-41(20(3)15-40)33-25-14-27(36)30(24-13-26(35)19(2)11-28(24)37)32-31(25)42(34(44)38-33)22(18-46-32)12-21-5-7-39(8-6-21)23-16-45-17-23/h4,11,13-14,20-23H,1,5-10,12,15-18H2,2-3H3/t20-,22-/m0/s1. The maximum absolute atomic E-state index is 15.6. The summed E-state index contributed by atoms with van der Waals surface area (Å²) in [5, 5.41) is 1.59. The van der Waals surface area contributed by atoms with Gasteiger partial charge in [-0.2, -0.15) is 4.98 Å². The summed E-state index contributed by atoms with van der Waals surface area (Å²) in [4.78, 5) is 38.4. The van der Waals surface area contributed by atoms with Crippen LogP contribution >= 0.6 is 35.0 Å². The number of aromatic nitrogens is 2. The molecule has 2 atom stereocenters. The summed E-state index contributed by atoms with van der Waals surface area (Å²) >= 11 is 15.2. The number of anilines is 1. The van der Waals surface area contributed by atoms with Crippen molar-refractivity contribution in [2.24, 2.45) is 5.92 Å². The van der Waals surface area contributed by atoms with E-state index in [1.54, 1.807) is 29.7 Å². The molecule has 0 aliphatic carbocycles. The van der Waals surface area contributed by atoms with Gasteiger partial charge in [0.15, 0.2) is 0 Å². The molecule has 0 bridgehead atoms. The third-order valence-corrected chi connectivity index (χ3v) is 12.1. The molecule has 3 fully saturated rings. The number of hydrogen-bond acceptors (Lipinski definition) is 7. The van der Waals surface area contributed by atoms with Crippen molar-refractivity contribution < 1.29 is 13.9 Å². The highest BCUT2D eigenvalue weighted by atomic mass is 35.5. The second-order valence-electron chi connectivity index (χ2n) is 13.0. The van der Waals surface area contributed by atoms with Gasteiger partial charge in [-0.3, -0.25) is 14.3 Å². The van der Waals surface area contributed by atoms with Crippen molar-refractivity contribution in [2.75, 3.05) is 56.6 Å². The Hall–Kier alpha value is -2.63. The minimum atomic E-state index is -0.412. The van der Waals surface area contributed by atoms with E-state index in [9.17, 15) is 9.59 Å². The molecule has 4 aliphatic heterocycles. The Balaban J connectivity index is 1.32. The molecule has 2 aromatic carbocycles. The van der Waals surface area contributed by atoms with Crippen molar-refractivity contribution in [1.29, 1.82) is 0 Å². The van der Waals surface area contributed by atoms with Gasteiger partial charge in [-0.05, 0) is 82.0 Å². The van der Waals surface area contributed by atoms with Crippen molar-refractivity contribution in [3.8, 4) is 11.1 Å². The number of rotatable bonds is 6. The van der Waals surface area contributed by atoms with Crippen LogP contribution in [0.1, 0.15) is 37.8 Å². The Morgan fingerprint density at radius 1 is 1.15 bits per heavy atom. The zero-order chi connectivity index (χ0) is 32.3. The van der Waals surface area contributed by atoms with Crippen LogP contribution in [-0.2, 0) is 9.53 Å². The topological polar surface area (TPSA) is 70.9 Å². The molecule has 0 spiro atoms. The van der Waals surface area contributed by atoms with E-state index in [0.717, 1.165) is 61.4 Å². The highest BCUT2D eigenvalue weighted by Crippen LogP contribution is 2.49. The molecule has 3 saturated heterocycles. The van der Waals surface area contributed by atoms with E-state index in [-0.39, 0.29) is 23.7 Å². The van der Waals surface area contributed by atoms with Gasteiger partial charge in [0, 0.05) is 63.9 Å². The lowest BCUT2D eigenvalue weighted by Gasteiger charge is -2.42. The van der Waals surface area contributed by atoms with Crippen molar-refractivity contribution in [1.82, 2.24) is 19.4 Å². The largest absolute Gasteiger partial charge is 0.378 e. The molecule has 244 valence electrons. The summed E-state index contributed by atoms with van der Waals surface area (Å²) < 4.78 is 22.9. The number of benzene rings is 2. The summed E-state index contributed by atoms with van der Waals surface area (Å²) in [6.45, 7) is 12.6. The Morgan fingerprint density at radius 3 is 2.59 bits per heavy atom. The van der Waals surface area contributed by atoms with Crippen molar-refractivity contribution in [2.45, 2.75) is 56.1 Å². The predicted octanol–water partition coefficient (Wildman–Crippen LogP) is 6.19. The van der Waals surface area contributed by atoms with Crippen LogP contribution in [0.25, 0.3) is 22.0 Å². The van der Waals surface area contributed by atoms with Crippen LogP contribution in [0.15, 0.2) is 40.5 Å². The first-order valence-corrected chi connectivity index (χ1v) is 17.8. The van der Waals surface area contributed by atoms with Gasteiger partial charge in [-0.25, -0.2) is 9.18 Å². The van der Waals surface area contributed by atoms with Crippen LogP contribution in [0.3, 0.4) is 0 Å². The zero-order valence-electron chi connectivity index (χ0n) is 26.1. The highest BCUT2D eigenvalue weighted by molar-refractivity contribution is 7.99. The van der Waals surface area contributed by atoms with Gasteiger partial charge in [0.1, 0.15) is 11.6 Å². The van der Waals surface area contributed by atoms with Crippen LogP contribution < -0.4 is 10.6 Å². The fourth-order valence-corrected chi connectivity index (χ4v) is 9.39. The minimum absolute atomic E-state index is 0.0578. The number of amides is 1. The molecule has 8 nitrogen and oxygen atoms in total. The van der Waals surface area contributed by atoms with Gasteiger partial charge in [0.25, 0.3) is 0 Å². The zero-order valence-corrected chi connectivity index (χ0v) is 28.4. The monoisotopic (exact) mass is 685 g/mol. The molecule has 1 aromatic heterocycles. The SMILES string of the molecule is C=CC(=O)N1CCN(c2nc(=O)n3c4c(c(-c5cc(Cl)c(C)cc5F)c(Cl)cc24)SC[C@@H]3CC2CCN(C3COC3)CC2)[C@@H](C)C1. The number of halogens is 3. The normalized spacial score (nSPS) is 22.7. The van der Waals surface area contributed by atoms with Crippen LogP contribution in [-0.4, -0.2) is 89.0 Å². The number of piperidine rings is 1. The first kappa shape index (κ1) is 31.9. The molecule has 0 saturated carbocycles. The van der Waals surface area contributed by atoms with Crippen molar-refractivity contribution in [3.05, 3.63) is 62.8 Å². The van der Waals surface area contributed by atoms with E-state index in [1.807, 2.05) is 17.6 Å². The summed E-state index contributed by atoms with van der Waals surface area (Å²) in [7, 11) is 0. The molecule has 0 N–H and O–H groups in total. The summed E-state index contributed by atoms with van der Waals surface area (Å²) in [6.07, 6.45) is 4.37. The number of aryl methyl sites for hydroxylation is 1. The highest BCUT2D eigenvalue weighted by Gasteiger charge is 2.36. The molecule has 4 aliphatic rings. The fourth-order valence-electron chi connectivity index (χ4n) is 7.52. The van der Waals surface area contributed by atoms with E-state index in [2.05, 4.69) is 16.4 Å². The molecule has 7 rings (SSSR count). The Kier molecular flexibility index (Phi) is 8.86. The van der Waals surface area contributed by atoms with E-state index in [4.69, 9.17) is 32.9 Å². The first-order chi connectivity index (χ1) is 22.1. The van der Waals surface area contributed by atoms with Crippen LogP contribution in [0.5, 0.6) is 0 Å². The van der Waals surface area contributed by atoms with E-state index in [0.29, 0.717) is 69.9 Å². The van der Waals surface area contributed by atoms with Crippen LogP contribution in [0.4, 0.5) is 10.2 Å². The first-order valence-electron chi connectivity index (χ1n) is 16.0. The molecular formula is C34H38Cl2FN5O3S. The van der Waals surface area contributed by atoms with Gasteiger partial charge >= 0.3 is 5.69 Å². The van der Waals surface area contributed by atoms with Gasteiger partial charge in [0.2, 0.25) is 5.91 Å². The number of nitrogens with zero attached hydrogens (tertiary/aromatic N) is 5. The number of likely N-dealkylation sites (tertiary alicyclic amines) is 1. The van der Waals surface area contributed by atoms with Crippen LogP contribution in [0, 0.1) is 18.7 Å². The van der Waals surface area contributed by atoms with E-state index >= 15 is 4.39 Å². The molecule has 5 heterocycles. The summed E-state index contributed by atoms with van der Waals surface area (Å²) in [6, 6.07) is 5.27. The quantitative estimate of drug-likeness (QED) is 0.287. The molecule has 46 heavy (non-hydrogen) atoms. The van der Waals surface area contributed by atoms with E-state index < -0.39 is 5.82 Å². The molecule has 3 aromatic rings. The van der Waals surface area contributed by atoms with Crippen molar-refractivity contribution >= 4 is 57.6 Å².